The first-order valence-corrected chi connectivity index (χ1v) is 10.6. The molecule has 1 fully saturated rings. The fourth-order valence-electron chi connectivity index (χ4n) is 3.36. The Hall–Kier alpha value is -1.87. The van der Waals surface area contributed by atoms with Crippen LogP contribution in [0.25, 0.3) is 0 Å². The van der Waals surface area contributed by atoms with Gasteiger partial charge in [0.05, 0.1) is 0 Å². The van der Waals surface area contributed by atoms with Gasteiger partial charge in [-0.3, -0.25) is 4.79 Å². The van der Waals surface area contributed by atoms with E-state index >= 15 is 0 Å². The van der Waals surface area contributed by atoms with Crippen LogP contribution in [0.15, 0.2) is 42.5 Å². The first kappa shape index (κ1) is 22.4. The van der Waals surface area contributed by atoms with E-state index in [2.05, 4.69) is 0 Å². The molecule has 1 atom stereocenters. The summed E-state index contributed by atoms with van der Waals surface area (Å²) >= 11 is 0. The second-order valence-corrected chi connectivity index (χ2v) is 8.77. The van der Waals surface area contributed by atoms with Crippen LogP contribution in [0, 0.1) is 5.92 Å². The average Bonchev–Trinajstić information content (AvgIpc) is 2.64. The van der Waals surface area contributed by atoms with Gasteiger partial charge in [-0.05, 0) is 30.7 Å². The molecule has 1 aromatic rings. The van der Waals surface area contributed by atoms with Crippen LogP contribution in [0.2, 0.25) is 0 Å². The van der Waals surface area contributed by atoms with E-state index in [-0.39, 0.29) is 16.6 Å². The van der Waals surface area contributed by atoms with Gasteiger partial charge in [0.15, 0.2) is 0 Å². The van der Waals surface area contributed by atoms with Crippen molar-refractivity contribution in [3.63, 3.8) is 0 Å². The van der Waals surface area contributed by atoms with E-state index in [1.807, 2.05) is 0 Å². The van der Waals surface area contributed by atoms with E-state index in [0.29, 0.717) is 5.56 Å². The van der Waals surface area contributed by atoms with Crippen LogP contribution in [0.1, 0.15) is 37.7 Å². The Labute approximate surface area is 162 Å². The van der Waals surface area contributed by atoms with Crippen molar-refractivity contribution in [3.8, 4) is 0 Å². The molecular formula is C19H24F3NO4S. The van der Waals surface area contributed by atoms with E-state index in [9.17, 15) is 31.5 Å². The minimum Gasteiger partial charge on any atom is -0.480 e. The van der Waals surface area contributed by atoms with Crippen LogP contribution in [0.3, 0.4) is 0 Å². The van der Waals surface area contributed by atoms with Gasteiger partial charge in [-0.15, -0.1) is 0 Å². The third kappa shape index (κ3) is 5.81. The number of carbonyl (C=O) groups is 1. The molecule has 156 valence electrons. The smallest absolute Gasteiger partial charge is 0.480 e. The van der Waals surface area contributed by atoms with Gasteiger partial charge < -0.3 is 5.11 Å². The first-order chi connectivity index (χ1) is 13.1. The van der Waals surface area contributed by atoms with Gasteiger partial charge in [0.2, 0.25) is 0 Å². The van der Waals surface area contributed by atoms with Crippen LogP contribution >= 0.6 is 0 Å². The van der Waals surface area contributed by atoms with Crippen molar-refractivity contribution in [2.45, 2.75) is 50.1 Å². The Morgan fingerprint density at radius 2 is 1.79 bits per heavy atom. The highest BCUT2D eigenvalue weighted by atomic mass is 32.2. The Kier molecular flexibility index (Phi) is 7.65. The topological polar surface area (TPSA) is 74.7 Å². The fraction of sp³-hybridized carbons (Fsp3) is 0.526. The molecule has 0 saturated heterocycles. The van der Waals surface area contributed by atoms with E-state index in [1.54, 1.807) is 36.4 Å². The van der Waals surface area contributed by atoms with Gasteiger partial charge in [0.25, 0.3) is 0 Å². The lowest BCUT2D eigenvalue weighted by molar-refractivity contribution is -0.141. The molecule has 9 heteroatoms. The van der Waals surface area contributed by atoms with E-state index in [0.717, 1.165) is 32.1 Å². The standard InChI is InChI=1S/C19H24F3NO4S/c20-19(21,22)28(26,27)23(13-7-12-15-8-3-1-4-9-15)17(18(24)25)14-16-10-5-2-6-11-16/h2,5-7,10-12,15,17H,1,3-4,8-9,13-14H2,(H,24,25)/b12-7+/t17-/m0/s1. The number of alkyl halides is 3. The molecule has 0 amide bonds. The lowest BCUT2D eigenvalue weighted by Crippen LogP contribution is -2.51. The molecule has 2 rings (SSSR count). The quantitative estimate of drug-likeness (QED) is 0.647. The maximum Gasteiger partial charge on any atom is 0.511 e. The number of hydrogen-bond donors (Lipinski definition) is 1. The van der Waals surface area contributed by atoms with Crippen molar-refractivity contribution < 1.29 is 31.5 Å². The van der Waals surface area contributed by atoms with Crippen molar-refractivity contribution in [2.24, 2.45) is 5.92 Å². The van der Waals surface area contributed by atoms with Crippen molar-refractivity contribution >= 4 is 16.0 Å². The second kappa shape index (κ2) is 9.56. The number of rotatable bonds is 8. The van der Waals surface area contributed by atoms with Crippen LogP contribution < -0.4 is 0 Å². The van der Waals surface area contributed by atoms with Crippen molar-refractivity contribution in [1.29, 1.82) is 0 Å². The third-order valence-electron chi connectivity index (χ3n) is 4.85. The highest BCUT2D eigenvalue weighted by molar-refractivity contribution is 7.90. The lowest BCUT2D eigenvalue weighted by atomic mass is 9.89. The largest absolute Gasteiger partial charge is 0.511 e. The highest BCUT2D eigenvalue weighted by Gasteiger charge is 2.52. The third-order valence-corrected chi connectivity index (χ3v) is 6.46. The lowest BCUT2D eigenvalue weighted by Gasteiger charge is -2.28. The second-order valence-electron chi connectivity index (χ2n) is 6.89. The van der Waals surface area contributed by atoms with Gasteiger partial charge >= 0.3 is 21.5 Å². The minimum absolute atomic E-state index is 0.0433. The number of sulfonamides is 1. The van der Waals surface area contributed by atoms with E-state index in [4.69, 9.17) is 0 Å². The highest BCUT2D eigenvalue weighted by Crippen LogP contribution is 2.30. The van der Waals surface area contributed by atoms with Crippen molar-refractivity contribution in [3.05, 3.63) is 48.0 Å². The van der Waals surface area contributed by atoms with Crippen LogP contribution in [0.4, 0.5) is 13.2 Å². The van der Waals surface area contributed by atoms with Crippen molar-refractivity contribution in [2.75, 3.05) is 6.54 Å². The first-order valence-electron chi connectivity index (χ1n) is 9.14. The average molecular weight is 419 g/mol. The Bertz CT molecular complexity index is 772. The molecule has 0 bridgehead atoms. The molecule has 1 N–H and O–H groups in total. The molecule has 1 saturated carbocycles. The maximum absolute atomic E-state index is 13.2. The minimum atomic E-state index is -5.80. The number of carboxylic acids is 1. The number of carboxylic acid groups (broad SMARTS) is 1. The van der Waals surface area contributed by atoms with E-state index in [1.165, 1.54) is 6.08 Å². The molecule has 0 unspecified atom stereocenters. The molecule has 0 aromatic heterocycles. The molecule has 0 heterocycles. The molecule has 0 aliphatic heterocycles. The predicted molar refractivity (Wildman–Crippen MR) is 99.0 cm³/mol. The molecule has 28 heavy (non-hydrogen) atoms. The zero-order valence-corrected chi connectivity index (χ0v) is 16.1. The molecule has 0 spiro atoms. The van der Waals surface area contributed by atoms with Gasteiger partial charge in [-0.1, -0.05) is 61.7 Å². The molecule has 5 nitrogen and oxygen atoms in total. The molecule has 1 aliphatic carbocycles. The van der Waals surface area contributed by atoms with Gasteiger partial charge in [0.1, 0.15) is 6.04 Å². The summed E-state index contributed by atoms with van der Waals surface area (Å²) in [7, 11) is -5.80. The summed E-state index contributed by atoms with van der Waals surface area (Å²) in [4.78, 5) is 11.7. The summed E-state index contributed by atoms with van der Waals surface area (Å²) in [6.07, 6.45) is 7.64. The van der Waals surface area contributed by atoms with E-state index < -0.39 is 34.1 Å². The maximum atomic E-state index is 13.2. The molecular weight excluding hydrogens is 395 g/mol. The van der Waals surface area contributed by atoms with Crippen LogP contribution in [-0.2, 0) is 21.2 Å². The van der Waals surface area contributed by atoms with Crippen molar-refractivity contribution in [1.82, 2.24) is 4.31 Å². The molecule has 1 aromatic carbocycles. The van der Waals surface area contributed by atoms with Crippen LogP contribution in [-0.4, -0.2) is 41.9 Å². The number of benzene rings is 1. The summed E-state index contributed by atoms with van der Waals surface area (Å²) in [6.45, 7) is -0.637. The number of aliphatic carboxylic acids is 1. The zero-order valence-electron chi connectivity index (χ0n) is 15.3. The normalized spacial score (nSPS) is 17.9. The van der Waals surface area contributed by atoms with Gasteiger partial charge in [-0.2, -0.15) is 17.5 Å². The Balaban J connectivity index is 2.29. The fourth-order valence-corrected chi connectivity index (χ4v) is 4.41. The summed E-state index contributed by atoms with van der Waals surface area (Å²) in [5.41, 5.74) is -5.13. The SMILES string of the molecule is O=C(O)[C@H](Cc1ccccc1)N(C/C=C/C1CCCCC1)S(=O)(=O)C(F)(F)F. The van der Waals surface area contributed by atoms with Crippen LogP contribution in [0.5, 0.6) is 0 Å². The number of nitrogens with zero attached hydrogens (tertiary/aromatic N) is 1. The summed E-state index contributed by atoms with van der Waals surface area (Å²) in [5.74, 6) is -1.44. The number of halogens is 3. The summed E-state index contributed by atoms with van der Waals surface area (Å²) < 4.78 is 63.7. The Morgan fingerprint density at radius 3 is 2.32 bits per heavy atom. The molecule has 0 radical (unpaired) electrons. The zero-order chi connectivity index (χ0) is 20.8. The molecule has 1 aliphatic rings. The van der Waals surface area contributed by atoms with Gasteiger partial charge in [0, 0.05) is 6.54 Å². The predicted octanol–water partition coefficient (Wildman–Crippen LogP) is 3.97. The monoisotopic (exact) mass is 419 g/mol. The van der Waals surface area contributed by atoms with Gasteiger partial charge in [-0.25, -0.2) is 8.42 Å². The summed E-state index contributed by atoms with van der Waals surface area (Å²) in [5, 5.41) is 9.48. The number of allylic oxidation sites excluding steroid dienone is 1. The number of hydrogen-bond acceptors (Lipinski definition) is 3. The summed E-state index contributed by atoms with van der Waals surface area (Å²) in [6, 6.07) is 6.14. The Morgan fingerprint density at radius 1 is 1.18 bits per heavy atom.